The third-order valence-corrected chi connectivity index (χ3v) is 4.87. The molecule has 0 unspecified atom stereocenters. The molecule has 0 bridgehead atoms. The molecule has 2 aromatic heterocycles. The first-order valence-corrected chi connectivity index (χ1v) is 9.14. The molecule has 0 aliphatic carbocycles. The zero-order valence-electron chi connectivity index (χ0n) is 13.3. The number of furan rings is 1. The van der Waals surface area contributed by atoms with Crippen LogP contribution in [0.1, 0.15) is 35.0 Å². The second kappa shape index (κ2) is 6.94. The summed E-state index contributed by atoms with van der Waals surface area (Å²) in [4.78, 5) is 31.4. The van der Waals surface area contributed by atoms with E-state index in [9.17, 15) is 9.59 Å². The zero-order valence-corrected chi connectivity index (χ0v) is 15.7. The highest BCUT2D eigenvalue weighted by Crippen LogP contribution is 2.29. The van der Waals surface area contributed by atoms with Crippen LogP contribution in [-0.4, -0.2) is 34.4 Å². The molecule has 0 spiro atoms. The Balaban J connectivity index is 1.67. The summed E-state index contributed by atoms with van der Waals surface area (Å²) >= 11 is 4.60. The maximum absolute atomic E-state index is 12.4. The van der Waals surface area contributed by atoms with Crippen LogP contribution >= 0.6 is 27.3 Å². The van der Waals surface area contributed by atoms with Gasteiger partial charge in [0.25, 0.3) is 5.91 Å². The third kappa shape index (κ3) is 3.78. The molecule has 2 aromatic rings. The van der Waals surface area contributed by atoms with E-state index in [4.69, 9.17) is 4.42 Å². The van der Waals surface area contributed by atoms with E-state index >= 15 is 0 Å². The lowest BCUT2D eigenvalue weighted by atomic mass is 10.1. The van der Waals surface area contributed by atoms with Crippen molar-refractivity contribution < 1.29 is 14.0 Å². The van der Waals surface area contributed by atoms with E-state index in [0.29, 0.717) is 35.1 Å². The minimum Gasteiger partial charge on any atom is -0.444 e. The van der Waals surface area contributed by atoms with Gasteiger partial charge in [-0.2, -0.15) is 0 Å². The summed E-state index contributed by atoms with van der Waals surface area (Å²) in [6.45, 7) is 4.83. The first-order valence-electron chi connectivity index (χ1n) is 7.53. The maximum atomic E-state index is 12.4. The zero-order chi connectivity index (χ0) is 17.3. The molecule has 3 heterocycles. The Morgan fingerprint density at radius 2 is 2.21 bits per heavy atom. The van der Waals surface area contributed by atoms with Gasteiger partial charge in [0.1, 0.15) is 0 Å². The van der Waals surface area contributed by atoms with E-state index < -0.39 is 0 Å². The molecular formula is C15H17BrN4O3S. The molecule has 2 N–H and O–H groups in total. The SMILES string of the molecule is CC(C)NC(=O)Nc1nc2c(s1)CN(C(=O)c1ccc(Br)o1)CC2. The monoisotopic (exact) mass is 412 g/mol. The summed E-state index contributed by atoms with van der Waals surface area (Å²) in [5.41, 5.74) is 0.935. The van der Waals surface area contributed by atoms with Crippen molar-refractivity contribution >= 4 is 44.3 Å². The van der Waals surface area contributed by atoms with Crippen molar-refractivity contribution in [1.82, 2.24) is 15.2 Å². The van der Waals surface area contributed by atoms with Gasteiger partial charge in [-0.25, -0.2) is 9.78 Å². The van der Waals surface area contributed by atoms with Crippen LogP contribution in [0, 0.1) is 0 Å². The minimum absolute atomic E-state index is 0.0559. The van der Waals surface area contributed by atoms with Crippen molar-refractivity contribution in [3.8, 4) is 0 Å². The molecule has 0 aromatic carbocycles. The summed E-state index contributed by atoms with van der Waals surface area (Å²) in [5.74, 6) is 0.163. The lowest BCUT2D eigenvalue weighted by Crippen LogP contribution is -2.35. The lowest BCUT2D eigenvalue weighted by Gasteiger charge is -2.25. The Hall–Kier alpha value is -1.87. The predicted octanol–water partition coefficient (Wildman–Crippen LogP) is 3.23. The van der Waals surface area contributed by atoms with Gasteiger partial charge in [-0.3, -0.25) is 10.1 Å². The summed E-state index contributed by atoms with van der Waals surface area (Å²) in [6.07, 6.45) is 0.660. The summed E-state index contributed by atoms with van der Waals surface area (Å²) < 4.78 is 5.86. The van der Waals surface area contributed by atoms with Crippen molar-refractivity contribution in [2.45, 2.75) is 32.9 Å². The second-order valence-corrected chi connectivity index (χ2v) is 7.59. The molecule has 1 aliphatic heterocycles. The van der Waals surface area contributed by atoms with Crippen molar-refractivity contribution in [3.63, 3.8) is 0 Å². The van der Waals surface area contributed by atoms with Crippen LogP contribution in [-0.2, 0) is 13.0 Å². The molecule has 128 valence electrons. The Morgan fingerprint density at radius 3 is 2.88 bits per heavy atom. The molecule has 0 fully saturated rings. The van der Waals surface area contributed by atoms with Gasteiger partial charge in [-0.05, 0) is 41.9 Å². The number of carbonyl (C=O) groups is 2. The van der Waals surface area contributed by atoms with Crippen molar-refractivity contribution in [2.75, 3.05) is 11.9 Å². The third-order valence-electron chi connectivity index (χ3n) is 3.44. The molecular weight excluding hydrogens is 396 g/mol. The number of halogens is 1. The number of anilines is 1. The van der Waals surface area contributed by atoms with Crippen LogP contribution in [0.5, 0.6) is 0 Å². The van der Waals surface area contributed by atoms with E-state index in [2.05, 4.69) is 31.5 Å². The Kier molecular flexibility index (Phi) is 4.91. The Labute approximate surface area is 151 Å². The molecule has 0 saturated carbocycles. The van der Waals surface area contributed by atoms with E-state index in [1.54, 1.807) is 17.0 Å². The number of nitrogens with one attached hydrogen (secondary N) is 2. The number of fused-ring (bicyclic) bond motifs is 1. The quantitative estimate of drug-likeness (QED) is 0.809. The fourth-order valence-corrected chi connectivity index (χ4v) is 3.73. The molecule has 3 amide bonds. The van der Waals surface area contributed by atoms with Gasteiger partial charge in [0.05, 0.1) is 12.2 Å². The number of amides is 3. The van der Waals surface area contributed by atoms with Crippen molar-refractivity contribution in [1.29, 1.82) is 0 Å². The van der Waals surface area contributed by atoms with Crippen LogP contribution in [0.2, 0.25) is 0 Å². The van der Waals surface area contributed by atoms with E-state index in [0.717, 1.165) is 10.6 Å². The van der Waals surface area contributed by atoms with Crippen LogP contribution in [0.15, 0.2) is 21.2 Å². The normalized spacial score (nSPS) is 13.8. The summed E-state index contributed by atoms with van der Waals surface area (Å²) in [5, 5.41) is 6.05. The molecule has 0 atom stereocenters. The molecule has 0 saturated heterocycles. The number of carbonyl (C=O) groups excluding carboxylic acids is 2. The summed E-state index contributed by atoms with van der Waals surface area (Å²) in [6, 6.07) is 3.13. The average molecular weight is 413 g/mol. The number of rotatable bonds is 3. The van der Waals surface area contributed by atoms with Gasteiger partial charge >= 0.3 is 6.03 Å². The highest BCUT2D eigenvalue weighted by atomic mass is 79.9. The van der Waals surface area contributed by atoms with Gasteiger partial charge in [0.15, 0.2) is 15.6 Å². The molecule has 24 heavy (non-hydrogen) atoms. The number of urea groups is 1. The Morgan fingerprint density at radius 1 is 1.42 bits per heavy atom. The number of thiazole rings is 1. The fourth-order valence-electron chi connectivity index (χ4n) is 2.40. The molecule has 0 radical (unpaired) electrons. The first-order chi connectivity index (χ1) is 11.4. The van der Waals surface area contributed by atoms with Crippen molar-refractivity contribution in [3.05, 3.63) is 33.1 Å². The average Bonchev–Trinajstić information content (AvgIpc) is 3.10. The minimum atomic E-state index is -0.274. The number of nitrogens with zero attached hydrogens (tertiary/aromatic N) is 2. The second-order valence-electron chi connectivity index (χ2n) is 5.72. The van der Waals surface area contributed by atoms with E-state index in [1.165, 1.54) is 11.3 Å². The lowest BCUT2D eigenvalue weighted by molar-refractivity contribution is 0.0702. The molecule has 9 heteroatoms. The number of aromatic nitrogens is 1. The highest BCUT2D eigenvalue weighted by Gasteiger charge is 2.26. The van der Waals surface area contributed by atoms with Gasteiger partial charge in [0.2, 0.25) is 0 Å². The molecule has 3 rings (SSSR count). The standard InChI is InChI=1S/C15H17BrN4O3S/c1-8(2)17-14(22)19-15-18-9-5-6-20(7-11(9)24-15)13(21)10-3-4-12(16)23-10/h3-4,8H,5-7H2,1-2H3,(H2,17,18,19,22). The maximum Gasteiger partial charge on any atom is 0.321 e. The topological polar surface area (TPSA) is 87.5 Å². The van der Waals surface area contributed by atoms with E-state index in [-0.39, 0.29) is 18.0 Å². The van der Waals surface area contributed by atoms with Crippen molar-refractivity contribution in [2.24, 2.45) is 0 Å². The fraction of sp³-hybridized carbons (Fsp3) is 0.400. The first kappa shape index (κ1) is 17.0. The van der Waals surface area contributed by atoms with Gasteiger partial charge in [0, 0.05) is 23.9 Å². The van der Waals surface area contributed by atoms with Crippen LogP contribution in [0.25, 0.3) is 0 Å². The molecule has 1 aliphatic rings. The smallest absolute Gasteiger partial charge is 0.321 e. The predicted molar refractivity (Wildman–Crippen MR) is 94.3 cm³/mol. The van der Waals surface area contributed by atoms with Crippen LogP contribution < -0.4 is 10.6 Å². The number of hydrogen-bond donors (Lipinski definition) is 2. The molecule has 7 nitrogen and oxygen atoms in total. The van der Waals surface area contributed by atoms with Crippen LogP contribution in [0.4, 0.5) is 9.93 Å². The largest absolute Gasteiger partial charge is 0.444 e. The number of hydrogen-bond acceptors (Lipinski definition) is 5. The Bertz CT molecular complexity index is 771. The highest BCUT2D eigenvalue weighted by molar-refractivity contribution is 9.10. The van der Waals surface area contributed by atoms with Gasteiger partial charge in [-0.15, -0.1) is 0 Å². The van der Waals surface area contributed by atoms with Gasteiger partial charge < -0.3 is 14.6 Å². The van der Waals surface area contributed by atoms with Gasteiger partial charge in [-0.1, -0.05) is 11.3 Å². The van der Waals surface area contributed by atoms with Crippen LogP contribution in [0.3, 0.4) is 0 Å². The summed E-state index contributed by atoms with van der Waals surface area (Å²) in [7, 11) is 0. The van der Waals surface area contributed by atoms with E-state index in [1.807, 2.05) is 13.8 Å².